The lowest BCUT2D eigenvalue weighted by Crippen LogP contribution is -1.97. The first-order valence-electron chi connectivity index (χ1n) is 6.67. The third-order valence-electron chi connectivity index (χ3n) is 3.53. The second-order valence-corrected chi connectivity index (χ2v) is 5.61. The van der Waals surface area contributed by atoms with Crippen molar-refractivity contribution in [3.8, 4) is 11.4 Å². The Kier molecular flexibility index (Phi) is 3.38. The Balaban J connectivity index is 2.33. The molecule has 0 aliphatic rings. The van der Waals surface area contributed by atoms with E-state index in [1.165, 1.54) is 0 Å². The van der Waals surface area contributed by atoms with Crippen molar-refractivity contribution in [1.82, 2.24) is 9.97 Å². The lowest BCUT2D eigenvalue weighted by atomic mass is 10.1. The molecule has 2 nitrogen and oxygen atoms in total. The van der Waals surface area contributed by atoms with Crippen LogP contribution in [0, 0.1) is 26.6 Å². The molecule has 0 aliphatic carbocycles. The number of nitrogens with zero attached hydrogens (tertiary/aromatic N) is 2. The fraction of sp³-hybridized carbons (Fsp3) is 0.176. The Morgan fingerprint density at radius 2 is 1.76 bits per heavy atom. The number of fused-ring (bicyclic) bond motifs is 1. The first-order chi connectivity index (χ1) is 9.97. The van der Waals surface area contributed by atoms with E-state index in [0.29, 0.717) is 22.1 Å². The number of halogens is 2. The minimum atomic E-state index is -0.308. The van der Waals surface area contributed by atoms with Crippen LogP contribution in [0.25, 0.3) is 22.3 Å². The summed E-state index contributed by atoms with van der Waals surface area (Å²) in [5.74, 6) is 0.0102. The monoisotopic (exact) mass is 300 g/mol. The van der Waals surface area contributed by atoms with Crippen LogP contribution in [0.5, 0.6) is 0 Å². The molecule has 0 saturated heterocycles. The number of aryl methyl sites for hydroxylation is 3. The van der Waals surface area contributed by atoms with Gasteiger partial charge in [0, 0.05) is 5.39 Å². The summed E-state index contributed by atoms with van der Waals surface area (Å²) in [5.41, 5.74) is 3.78. The molecular formula is C17H14ClFN2. The first-order valence-corrected chi connectivity index (χ1v) is 7.05. The summed E-state index contributed by atoms with van der Waals surface area (Å²) in [6, 6.07) is 9.15. The molecule has 2 aromatic carbocycles. The van der Waals surface area contributed by atoms with E-state index in [2.05, 4.69) is 9.97 Å². The Labute approximate surface area is 127 Å². The van der Waals surface area contributed by atoms with Gasteiger partial charge in [0.15, 0.2) is 5.82 Å². The first kappa shape index (κ1) is 14.0. The molecule has 0 radical (unpaired) electrons. The summed E-state index contributed by atoms with van der Waals surface area (Å²) in [6.07, 6.45) is 0. The molecule has 1 heterocycles. The lowest BCUT2D eigenvalue weighted by Gasteiger charge is -2.09. The van der Waals surface area contributed by atoms with Crippen molar-refractivity contribution in [2.75, 3.05) is 0 Å². The average molecular weight is 301 g/mol. The zero-order chi connectivity index (χ0) is 15.1. The summed E-state index contributed by atoms with van der Waals surface area (Å²) in [5, 5.41) is 1.17. The molecular weight excluding hydrogens is 287 g/mol. The highest BCUT2D eigenvalue weighted by atomic mass is 35.5. The highest BCUT2D eigenvalue weighted by molar-refractivity contribution is 6.34. The van der Waals surface area contributed by atoms with Crippen LogP contribution in [0.4, 0.5) is 4.39 Å². The molecule has 3 rings (SSSR count). The van der Waals surface area contributed by atoms with Gasteiger partial charge in [0.25, 0.3) is 0 Å². The van der Waals surface area contributed by atoms with E-state index in [1.807, 2.05) is 26.0 Å². The molecule has 0 N–H and O–H groups in total. The van der Waals surface area contributed by atoms with Gasteiger partial charge in [-0.1, -0.05) is 29.8 Å². The molecule has 4 heteroatoms. The molecule has 0 amide bonds. The van der Waals surface area contributed by atoms with Crippen LogP contribution in [0.2, 0.25) is 5.15 Å². The topological polar surface area (TPSA) is 25.8 Å². The predicted octanol–water partition coefficient (Wildman–Crippen LogP) is 5.01. The highest BCUT2D eigenvalue weighted by Gasteiger charge is 2.14. The van der Waals surface area contributed by atoms with Gasteiger partial charge in [-0.15, -0.1) is 0 Å². The number of aromatic nitrogens is 2. The molecule has 3 aromatic rings. The highest BCUT2D eigenvalue weighted by Crippen LogP contribution is 2.29. The molecule has 0 bridgehead atoms. The van der Waals surface area contributed by atoms with Crippen molar-refractivity contribution >= 4 is 22.5 Å². The summed E-state index contributed by atoms with van der Waals surface area (Å²) in [7, 11) is 0. The van der Waals surface area contributed by atoms with E-state index in [9.17, 15) is 4.39 Å². The van der Waals surface area contributed by atoms with Gasteiger partial charge in [-0.25, -0.2) is 14.4 Å². The molecule has 106 valence electrons. The van der Waals surface area contributed by atoms with Crippen LogP contribution in [0.3, 0.4) is 0 Å². The van der Waals surface area contributed by atoms with Gasteiger partial charge >= 0.3 is 0 Å². The van der Waals surface area contributed by atoms with Gasteiger partial charge < -0.3 is 0 Å². The fourth-order valence-electron chi connectivity index (χ4n) is 2.53. The number of hydrogen-bond acceptors (Lipinski definition) is 2. The summed E-state index contributed by atoms with van der Waals surface area (Å²) in [6.45, 7) is 5.68. The van der Waals surface area contributed by atoms with Crippen molar-refractivity contribution in [1.29, 1.82) is 0 Å². The Morgan fingerprint density at radius 1 is 1.00 bits per heavy atom. The van der Waals surface area contributed by atoms with Crippen molar-refractivity contribution in [3.05, 3.63) is 58.0 Å². The van der Waals surface area contributed by atoms with Gasteiger partial charge in [-0.2, -0.15) is 0 Å². The molecule has 0 fully saturated rings. The molecule has 0 saturated carbocycles. The number of rotatable bonds is 1. The maximum absolute atomic E-state index is 14.3. The van der Waals surface area contributed by atoms with E-state index in [4.69, 9.17) is 11.6 Å². The molecule has 0 unspecified atom stereocenters. The average Bonchev–Trinajstić information content (AvgIpc) is 2.40. The second-order valence-electron chi connectivity index (χ2n) is 5.25. The summed E-state index contributed by atoms with van der Waals surface area (Å²) in [4.78, 5) is 8.77. The number of hydrogen-bond donors (Lipinski definition) is 0. The summed E-state index contributed by atoms with van der Waals surface area (Å²) >= 11 is 6.29. The van der Waals surface area contributed by atoms with Gasteiger partial charge in [0.2, 0.25) is 0 Å². The van der Waals surface area contributed by atoms with E-state index in [0.717, 1.165) is 22.0 Å². The van der Waals surface area contributed by atoms with Crippen LogP contribution in [0.1, 0.15) is 16.7 Å². The van der Waals surface area contributed by atoms with Crippen LogP contribution >= 0.6 is 11.6 Å². The zero-order valence-electron chi connectivity index (χ0n) is 12.0. The van der Waals surface area contributed by atoms with E-state index in [1.54, 1.807) is 25.1 Å². The standard InChI is InChI=1S/C17H14ClFN2/c1-9-7-11(3)14-13(8-9)20-17(21-16(14)18)12-6-4-5-10(2)15(12)19/h4-8H,1-3H3. The molecule has 0 aliphatic heterocycles. The van der Waals surface area contributed by atoms with E-state index >= 15 is 0 Å². The van der Waals surface area contributed by atoms with Crippen molar-refractivity contribution in [2.45, 2.75) is 20.8 Å². The van der Waals surface area contributed by atoms with Gasteiger partial charge in [-0.3, -0.25) is 0 Å². The normalized spacial score (nSPS) is 11.1. The third-order valence-corrected chi connectivity index (χ3v) is 3.80. The molecule has 0 spiro atoms. The van der Waals surface area contributed by atoms with Gasteiger partial charge in [-0.05, 0) is 49.6 Å². The molecule has 0 atom stereocenters. The minimum absolute atomic E-state index is 0.308. The van der Waals surface area contributed by atoms with E-state index in [-0.39, 0.29) is 5.82 Å². The van der Waals surface area contributed by atoms with Crippen LogP contribution in [-0.4, -0.2) is 9.97 Å². The summed E-state index contributed by atoms with van der Waals surface area (Å²) < 4.78 is 14.3. The predicted molar refractivity (Wildman–Crippen MR) is 84.2 cm³/mol. The lowest BCUT2D eigenvalue weighted by molar-refractivity contribution is 0.621. The third kappa shape index (κ3) is 2.38. The largest absolute Gasteiger partial charge is 0.228 e. The van der Waals surface area contributed by atoms with Crippen LogP contribution in [0.15, 0.2) is 30.3 Å². The Hall–Kier alpha value is -2.00. The van der Waals surface area contributed by atoms with Crippen molar-refractivity contribution < 1.29 is 4.39 Å². The molecule has 21 heavy (non-hydrogen) atoms. The SMILES string of the molecule is Cc1cc(C)c2c(Cl)nc(-c3cccc(C)c3F)nc2c1. The van der Waals surface area contributed by atoms with Crippen molar-refractivity contribution in [3.63, 3.8) is 0 Å². The second kappa shape index (κ2) is 5.08. The zero-order valence-corrected chi connectivity index (χ0v) is 12.8. The maximum Gasteiger partial charge on any atom is 0.164 e. The van der Waals surface area contributed by atoms with Gasteiger partial charge in [0.1, 0.15) is 11.0 Å². The Morgan fingerprint density at radius 3 is 2.52 bits per heavy atom. The minimum Gasteiger partial charge on any atom is -0.228 e. The molecule has 1 aromatic heterocycles. The Bertz CT molecular complexity index is 859. The van der Waals surface area contributed by atoms with Crippen LogP contribution < -0.4 is 0 Å². The quantitative estimate of drug-likeness (QED) is 0.590. The fourth-order valence-corrected chi connectivity index (χ4v) is 2.86. The number of benzene rings is 2. The van der Waals surface area contributed by atoms with Crippen LogP contribution in [-0.2, 0) is 0 Å². The maximum atomic E-state index is 14.3. The van der Waals surface area contributed by atoms with E-state index < -0.39 is 0 Å². The van der Waals surface area contributed by atoms with Gasteiger partial charge in [0.05, 0.1) is 11.1 Å². The smallest absolute Gasteiger partial charge is 0.164 e. The van der Waals surface area contributed by atoms with Crippen molar-refractivity contribution in [2.24, 2.45) is 0 Å².